The van der Waals surface area contributed by atoms with Crippen LogP contribution in [-0.2, 0) is 0 Å². The molecular formula is C10H15F. The van der Waals surface area contributed by atoms with Crippen LogP contribution in [0.15, 0.2) is 36.2 Å². The van der Waals surface area contributed by atoms with Crippen molar-refractivity contribution < 1.29 is 4.39 Å². The first-order chi connectivity index (χ1) is 5.07. The van der Waals surface area contributed by atoms with Crippen LogP contribution in [0.3, 0.4) is 0 Å². The van der Waals surface area contributed by atoms with E-state index < -0.39 is 0 Å². The van der Waals surface area contributed by atoms with Crippen LogP contribution in [-0.4, -0.2) is 0 Å². The maximum absolute atomic E-state index is 12.7. The Bertz CT molecular complexity index is 185. The Hall–Kier alpha value is -0.850. The van der Waals surface area contributed by atoms with Gasteiger partial charge in [-0.05, 0) is 25.0 Å². The summed E-state index contributed by atoms with van der Waals surface area (Å²) in [6.07, 6.45) is 4.33. The summed E-state index contributed by atoms with van der Waals surface area (Å²) in [5.74, 6) is 0.171. The van der Waals surface area contributed by atoms with E-state index in [1.54, 1.807) is 0 Å². The predicted octanol–water partition coefficient (Wildman–Crippen LogP) is 3.63. The van der Waals surface area contributed by atoms with E-state index in [2.05, 4.69) is 6.58 Å². The Labute approximate surface area is 68.1 Å². The lowest BCUT2D eigenvalue weighted by Crippen LogP contribution is -1.87. The van der Waals surface area contributed by atoms with Gasteiger partial charge in [-0.2, -0.15) is 0 Å². The molecule has 0 amide bonds. The van der Waals surface area contributed by atoms with Crippen molar-refractivity contribution in [2.24, 2.45) is 5.92 Å². The van der Waals surface area contributed by atoms with E-state index >= 15 is 0 Å². The molecule has 0 radical (unpaired) electrons. The molecule has 0 aliphatic heterocycles. The summed E-state index contributed by atoms with van der Waals surface area (Å²) < 4.78 is 12.7. The third-order valence-electron chi connectivity index (χ3n) is 1.55. The molecule has 11 heavy (non-hydrogen) atoms. The number of halogens is 1. The van der Waals surface area contributed by atoms with Crippen LogP contribution in [0.2, 0.25) is 0 Å². The van der Waals surface area contributed by atoms with Gasteiger partial charge >= 0.3 is 0 Å². The van der Waals surface area contributed by atoms with Gasteiger partial charge in [-0.25, -0.2) is 4.39 Å². The molecule has 0 saturated carbocycles. The highest BCUT2D eigenvalue weighted by atomic mass is 19.1. The van der Waals surface area contributed by atoms with Crippen LogP contribution < -0.4 is 0 Å². The molecule has 62 valence electrons. The molecule has 0 aromatic heterocycles. The molecule has 0 spiro atoms. The molecule has 0 aromatic carbocycles. The average molecular weight is 154 g/mol. The molecule has 0 aliphatic carbocycles. The monoisotopic (exact) mass is 154 g/mol. The summed E-state index contributed by atoms with van der Waals surface area (Å²) in [6, 6.07) is 0. The van der Waals surface area contributed by atoms with Crippen LogP contribution in [0.5, 0.6) is 0 Å². The van der Waals surface area contributed by atoms with Gasteiger partial charge in [-0.1, -0.05) is 32.1 Å². The summed E-state index contributed by atoms with van der Waals surface area (Å²) in [5.41, 5.74) is 1.04. The quantitative estimate of drug-likeness (QED) is 0.544. The molecule has 0 aromatic rings. The number of hydrogen-bond donors (Lipinski definition) is 0. The van der Waals surface area contributed by atoms with Crippen molar-refractivity contribution in [1.29, 1.82) is 0 Å². The second-order valence-corrected chi connectivity index (χ2v) is 2.83. The zero-order chi connectivity index (χ0) is 8.85. The molecule has 1 heteroatoms. The van der Waals surface area contributed by atoms with Crippen molar-refractivity contribution >= 4 is 0 Å². The van der Waals surface area contributed by atoms with E-state index in [0.717, 1.165) is 5.57 Å². The Morgan fingerprint density at radius 2 is 2.00 bits per heavy atom. The fourth-order valence-electron chi connectivity index (χ4n) is 0.545. The normalized spacial score (nSPS) is 13.9. The average Bonchev–Trinajstić information content (AvgIpc) is 1.87. The minimum atomic E-state index is -0.230. The molecule has 0 fully saturated rings. The first-order valence-electron chi connectivity index (χ1n) is 3.74. The zero-order valence-corrected chi connectivity index (χ0v) is 7.39. The summed E-state index contributed by atoms with van der Waals surface area (Å²) in [6.45, 7) is 9.39. The van der Waals surface area contributed by atoms with Gasteiger partial charge in [0.1, 0.15) is 5.83 Å². The van der Waals surface area contributed by atoms with Crippen molar-refractivity contribution in [3.05, 3.63) is 36.2 Å². The standard InChI is InChI=1S/C10H15F/c1-5-6-10(11)7-9(4)8(2)3/h5-8H,1H2,2-4H3/b9-7+,10-6+. The van der Waals surface area contributed by atoms with Crippen LogP contribution in [0, 0.1) is 5.92 Å². The van der Waals surface area contributed by atoms with Crippen molar-refractivity contribution in [1.82, 2.24) is 0 Å². The van der Waals surface area contributed by atoms with Gasteiger partial charge in [0, 0.05) is 0 Å². The minimum Gasteiger partial charge on any atom is -0.207 e. The van der Waals surface area contributed by atoms with Gasteiger partial charge in [-0.3, -0.25) is 0 Å². The SMILES string of the molecule is C=C/C=C(F)\C=C(/C)C(C)C. The van der Waals surface area contributed by atoms with E-state index in [1.807, 2.05) is 20.8 Å². The molecule has 0 rings (SSSR count). The van der Waals surface area contributed by atoms with Gasteiger partial charge in [-0.15, -0.1) is 0 Å². The van der Waals surface area contributed by atoms with Gasteiger partial charge in [0.2, 0.25) is 0 Å². The van der Waals surface area contributed by atoms with Crippen LogP contribution in [0.25, 0.3) is 0 Å². The lowest BCUT2D eigenvalue weighted by Gasteiger charge is -2.02. The predicted molar refractivity (Wildman–Crippen MR) is 48.0 cm³/mol. The number of allylic oxidation sites excluding steroid dienone is 5. The van der Waals surface area contributed by atoms with E-state index in [1.165, 1.54) is 18.2 Å². The molecule has 0 aliphatic rings. The lowest BCUT2D eigenvalue weighted by atomic mass is 10.1. The fraction of sp³-hybridized carbons (Fsp3) is 0.400. The molecule has 0 atom stereocenters. The second kappa shape index (κ2) is 4.89. The minimum absolute atomic E-state index is 0.230. The summed E-state index contributed by atoms with van der Waals surface area (Å²) >= 11 is 0. The fourth-order valence-corrected chi connectivity index (χ4v) is 0.545. The molecule has 0 bridgehead atoms. The van der Waals surface area contributed by atoms with Gasteiger partial charge in [0.15, 0.2) is 0 Å². The summed E-state index contributed by atoms with van der Waals surface area (Å²) in [5, 5.41) is 0. The first-order valence-corrected chi connectivity index (χ1v) is 3.74. The van der Waals surface area contributed by atoms with Crippen molar-refractivity contribution in [2.75, 3.05) is 0 Å². The maximum atomic E-state index is 12.7. The topological polar surface area (TPSA) is 0 Å². The van der Waals surface area contributed by atoms with Gasteiger partial charge < -0.3 is 0 Å². The summed E-state index contributed by atoms with van der Waals surface area (Å²) in [4.78, 5) is 0. The molecule has 0 saturated heterocycles. The Morgan fingerprint density at radius 3 is 2.36 bits per heavy atom. The van der Waals surface area contributed by atoms with Crippen LogP contribution >= 0.6 is 0 Å². The van der Waals surface area contributed by atoms with Gasteiger partial charge in [0.25, 0.3) is 0 Å². The van der Waals surface area contributed by atoms with E-state index in [0.29, 0.717) is 5.92 Å². The maximum Gasteiger partial charge on any atom is 0.123 e. The largest absolute Gasteiger partial charge is 0.207 e. The molecule has 0 N–H and O–H groups in total. The lowest BCUT2D eigenvalue weighted by molar-refractivity contribution is 0.657. The molecule has 0 heterocycles. The molecular weight excluding hydrogens is 139 g/mol. The van der Waals surface area contributed by atoms with Crippen molar-refractivity contribution in [3.63, 3.8) is 0 Å². The Balaban J connectivity index is 4.30. The van der Waals surface area contributed by atoms with Gasteiger partial charge in [0.05, 0.1) is 0 Å². The third-order valence-corrected chi connectivity index (χ3v) is 1.55. The second-order valence-electron chi connectivity index (χ2n) is 2.83. The highest BCUT2D eigenvalue weighted by molar-refractivity contribution is 5.21. The smallest absolute Gasteiger partial charge is 0.123 e. The van der Waals surface area contributed by atoms with Crippen molar-refractivity contribution in [3.8, 4) is 0 Å². The number of rotatable bonds is 3. The zero-order valence-electron chi connectivity index (χ0n) is 7.39. The Morgan fingerprint density at radius 1 is 1.45 bits per heavy atom. The molecule has 0 nitrogen and oxygen atoms in total. The van der Waals surface area contributed by atoms with Crippen LogP contribution in [0.1, 0.15) is 20.8 Å². The first kappa shape index (κ1) is 10.2. The Kier molecular flexibility index (Phi) is 4.51. The van der Waals surface area contributed by atoms with Crippen LogP contribution in [0.4, 0.5) is 4.39 Å². The van der Waals surface area contributed by atoms with E-state index in [-0.39, 0.29) is 5.83 Å². The van der Waals surface area contributed by atoms with Crippen molar-refractivity contribution in [2.45, 2.75) is 20.8 Å². The third kappa shape index (κ3) is 4.54. The highest BCUT2D eigenvalue weighted by Crippen LogP contribution is 2.11. The molecule has 0 unspecified atom stereocenters. The van der Waals surface area contributed by atoms with E-state index in [9.17, 15) is 4.39 Å². The van der Waals surface area contributed by atoms with E-state index in [4.69, 9.17) is 0 Å². The number of hydrogen-bond acceptors (Lipinski definition) is 0. The highest BCUT2D eigenvalue weighted by Gasteiger charge is 1.96. The summed E-state index contributed by atoms with van der Waals surface area (Å²) in [7, 11) is 0.